The third-order valence-corrected chi connectivity index (χ3v) is 3.32. The second-order valence-electron chi connectivity index (χ2n) is 4.78. The van der Waals surface area contributed by atoms with Crippen molar-refractivity contribution in [1.29, 1.82) is 0 Å². The van der Waals surface area contributed by atoms with Crippen LogP contribution in [0.25, 0.3) is 0 Å². The van der Waals surface area contributed by atoms with E-state index in [9.17, 15) is 0 Å². The zero-order valence-corrected chi connectivity index (χ0v) is 11.4. The molecule has 0 aliphatic heterocycles. The Morgan fingerprint density at radius 2 is 1.61 bits per heavy atom. The van der Waals surface area contributed by atoms with Crippen LogP contribution in [0.2, 0.25) is 0 Å². The molecule has 2 aromatic carbocycles. The molecule has 0 N–H and O–H groups in total. The molecule has 0 amide bonds. The Morgan fingerprint density at radius 1 is 0.889 bits per heavy atom. The number of hydrogen-bond acceptors (Lipinski definition) is 1. The highest BCUT2D eigenvalue weighted by Gasteiger charge is 2.01. The molecule has 0 aliphatic rings. The van der Waals surface area contributed by atoms with E-state index in [1.165, 1.54) is 22.3 Å². The molecule has 2 aromatic rings. The molecule has 1 heteroatoms. The lowest BCUT2D eigenvalue weighted by Gasteiger charge is -2.10. The van der Waals surface area contributed by atoms with E-state index < -0.39 is 0 Å². The fourth-order valence-electron chi connectivity index (χ4n) is 1.91. The lowest BCUT2D eigenvalue weighted by atomic mass is 10.1. The van der Waals surface area contributed by atoms with Gasteiger partial charge in [0.1, 0.15) is 5.75 Å². The predicted octanol–water partition coefficient (Wildman–Crippen LogP) is 4.23. The van der Waals surface area contributed by atoms with Crippen LogP contribution < -0.4 is 4.74 Å². The van der Waals surface area contributed by atoms with Crippen LogP contribution in [-0.2, 0) is 6.42 Å². The molecule has 0 aliphatic carbocycles. The maximum Gasteiger partial charge on any atom is 0.122 e. The Hall–Kier alpha value is -1.76. The SMILES string of the molecule is Cc1ccc(CCOc2cccc(C)c2C)cc1. The summed E-state index contributed by atoms with van der Waals surface area (Å²) in [5, 5.41) is 0. The maximum absolute atomic E-state index is 5.85. The fraction of sp³-hybridized carbons (Fsp3) is 0.294. The molecule has 0 atom stereocenters. The Kier molecular flexibility index (Phi) is 4.03. The minimum atomic E-state index is 0.730. The van der Waals surface area contributed by atoms with E-state index >= 15 is 0 Å². The Balaban J connectivity index is 1.92. The van der Waals surface area contributed by atoms with E-state index in [0.717, 1.165) is 18.8 Å². The van der Waals surface area contributed by atoms with Crippen LogP contribution >= 0.6 is 0 Å². The van der Waals surface area contributed by atoms with Crippen molar-refractivity contribution in [1.82, 2.24) is 0 Å². The maximum atomic E-state index is 5.85. The van der Waals surface area contributed by atoms with E-state index in [2.05, 4.69) is 51.1 Å². The van der Waals surface area contributed by atoms with Gasteiger partial charge in [-0.2, -0.15) is 0 Å². The summed E-state index contributed by atoms with van der Waals surface area (Å²) < 4.78 is 5.85. The number of hydrogen-bond donors (Lipinski definition) is 0. The zero-order chi connectivity index (χ0) is 13.0. The summed E-state index contributed by atoms with van der Waals surface area (Å²) in [6.45, 7) is 7.06. The first-order valence-electron chi connectivity index (χ1n) is 6.41. The second kappa shape index (κ2) is 5.72. The van der Waals surface area contributed by atoms with Gasteiger partial charge in [-0.3, -0.25) is 0 Å². The van der Waals surface area contributed by atoms with Gasteiger partial charge >= 0.3 is 0 Å². The van der Waals surface area contributed by atoms with Crippen LogP contribution in [0, 0.1) is 20.8 Å². The number of ether oxygens (including phenoxy) is 1. The van der Waals surface area contributed by atoms with E-state index in [4.69, 9.17) is 4.74 Å². The Morgan fingerprint density at radius 3 is 2.33 bits per heavy atom. The fourth-order valence-corrected chi connectivity index (χ4v) is 1.91. The smallest absolute Gasteiger partial charge is 0.122 e. The molecule has 0 heterocycles. The van der Waals surface area contributed by atoms with E-state index in [-0.39, 0.29) is 0 Å². The molecular weight excluding hydrogens is 220 g/mol. The average Bonchev–Trinajstić information content (AvgIpc) is 2.37. The first-order valence-corrected chi connectivity index (χ1v) is 6.41. The van der Waals surface area contributed by atoms with Crippen molar-refractivity contribution in [2.24, 2.45) is 0 Å². The Bertz CT molecular complexity index is 512. The van der Waals surface area contributed by atoms with Crippen molar-refractivity contribution in [3.05, 3.63) is 64.7 Å². The summed E-state index contributed by atoms with van der Waals surface area (Å²) in [4.78, 5) is 0. The minimum absolute atomic E-state index is 0.730. The van der Waals surface area contributed by atoms with Crippen molar-refractivity contribution in [3.63, 3.8) is 0 Å². The topological polar surface area (TPSA) is 9.23 Å². The highest BCUT2D eigenvalue weighted by Crippen LogP contribution is 2.20. The van der Waals surface area contributed by atoms with Gasteiger partial charge < -0.3 is 4.74 Å². The molecule has 0 fully saturated rings. The summed E-state index contributed by atoms with van der Waals surface area (Å²) in [7, 11) is 0. The zero-order valence-electron chi connectivity index (χ0n) is 11.4. The van der Waals surface area contributed by atoms with Crippen molar-refractivity contribution in [2.45, 2.75) is 27.2 Å². The average molecular weight is 240 g/mol. The van der Waals surface area contributed by atoms with Crippen molar-refractivity contribution in [3.8, 4) is 5.75 Å². The van der Waals surface area contributed by atoms with Crippen molar-refractivity contribution < 1.29 is 4.74 Å². The third-order valence-electron chi connectivity index (χ3n) is 3.32. The molecule has 0 saturated heterocycles. The molecule has 0 spiro atoms. The molecule has 18 heavy (non-hydrogen) atoms. The molecular formula is C17H20O. The molecule has 0 saturated carbocycles. The summed E-state index contributed by atoms with van der Waals surface area (Å²) in [5.74, 6) is 1.00. The first kappa shape index (κ1) is 12.7. The van der Waals surface area contributed by atoms with Crippen LogP contribution in [0.1, 0.15) is 22.3 Å². The highest BCUT2D eigenvalue weighted by atomic mass is 16.5. The lowest BCUT2D eigenvalue weighted by molar-refractivity contribution is 0.319. The summed E-state index contributed by atoms with van der Waals surface area (Å²) in [5.41, 5.74) is 5.14. The van der Waals surface area contributed by atoms with Gasteiger partial charge in [0.05, 0.1) is 6.61 Å². The largest absolute Gasteiger partial charge is 0.493 e. The quantitative estimate of drug-likeness (QED) is 0.777. The van der Waals surface area contributed by atoms with Gasteiger partial charge in [-0.05, 0) is 43.5 Å². The second-order valence-corrected chi connectivity index (χ2v) is 4.78. The molecule has 0 aromatic heterocycles. The van der Waals surface area contributed by atoms with Gasteiger partial charge in [0.15, 0.2) is 0 Å². The lowest BCUT2D eigenvalue weighted by Crippen LogP contribution is -2.03. The van der Waals surface area contributed by atoms with Crippen LogP contribution in [0.5, 0.6) is 5.75 Å². The van der Waals surface area contributed by atoms with Crippen molar-refractivity contribution in [2.75, 3.05) is 6.61 Å². The van der Waals surface area contributed by atoms with E-state index in [0.29, 0.717) is 0 Å². The molecule has 0 bridgehead atoms. The van der Waals surface area contributed by atoms with Crippen LogP contribution in [0.15, 0.2) is 42.5 Å². The minimum Gasteiger partial charge on any atom is -0.493 e. The first-order chi connectivity index (χ1) is 8.66. The third kappa shape index (κ3) is 3.13. The Labute approximate surface area is 109 Å². The van der Waals surface area contributed by atoms with Gasteiger partial charge in [-0.25, -0.2) is 0 Å². The van der Waals surface area contributed by atoms with E-state index in [1.807, 2.05) is 12.1 Å². The van der Waals surface area contributed by atoms with Gasteiger partial charge in [-0.15, -0.1) is 0 Å². The summed E-state index contributed by atoms with van der Waals surface area (Å²) in [6, 6.07) is 14.8. The normalized spacial score (nSPS) is 10.4. The number of rotatable bonds is 4. The van der Waals surface area contributed by atoms with Gasteiger partial charge in [0, 0.05) is 6.42 Å². The highest BCUT2D eigenvalue weighted by molar-refractivity contribution is 5.38. The van der Waals surface area contributed by atoms with Crippen LogP contribution in [0.4, 0.5) is 0 Å². The van der Waals surface area contributed by atoms with E-state index in [1.54, 1.807) is 0 Å². The molecule has 1 nitrogen and oxygen atoms in total. The molecule has 94 valence electrons. The predicted molar refractivity (Wildman–Crippen MR) is 76.3 cm³/mol. The molecule has 0 radical (unpaired) electrons. The summed E-state index contributed by atoms with van der Waals surface area (Å²) >= 11 is 0. The summed E-state index contributed by atoms with van der Waals surface area (Å²) in [6.07, 6.45) is 0.952. The van der Waals surface area contributed by atoms with Gasteiger partial charge in [-0.1, -0.05) is 42.0 Å². The van der Waals surface area contributed by atoms with Crippen LogP contribution in [0.3, 0.4) is 0 Å². The molecule has 2 rings (SSSR count). The van der Waals surface area contributed by atoms with Crippen molar-refractivity contribution >= 4 is 0 Å². The van der Waals surface area contributed by atoms with Gasteiger partial charge in [0.2, 0.25) is 0 Å². The number of aryl methyl sites for hydroxylation is 2. The standard InChI is InChI=1S/C17H20O/c1-13-7-9-16(10-8-13)11-12-18-17-6-4-5-14(2)15(17)3/h4-10H,11-12H2,1-3H3. The monoisotopic (exact) mass is 240 g/mol. The number of benzene rings is 2. The van der Waals surface area contributed by atoms with Gasteiger partial charge in [0.25, 0.3) is 0 Å². The van der Waals surface area contributed by atoms with Crippen LogP contribution in [-0.4, -0.2) is 6.61 Å². The molecule has 0 unspecified atom stereocenters.